The summed E-state index contributed by atoms with van der Waals surface area (Å²) in [5.41, 5.74) is 4.69. The zero-order chi connectivity index (χ0) is 24.3. The zero-order valence-corrected chi connectivity index (χ0v) is 20.6. The van der Waals surface area contributed by atoms with E-state index in [1.54, 1.807) is 11.8 Å². The fourth-order valence-corrected chi connectivity index (χ4v) is 4.66. The van der Waals surface area contributed by atoms with Crippen LogP contribution in [0.4, 0.5) is 4.79 Å². The van der Waals surface area contributed by atoms with Gasteiger partial charge in [-0.25, -0.2) is 4.79 Å². The number of rotatable bonds is 5. The van der Waals surface area contributed by atoms with Gasteiger partial charge in [-0.15, -0.1) is 0 Å². The van der Waals surface area contributed by atoms with Crippen molar-refractivity contribution < 1.29 is 14.3 Å². The van der Waals surface area contributed by atoms with Crippen molar-refractivity contribution in [3.05, 3.63) is 71.4 Å². The molecule has 6 nitrogen and oxygen atoms in total. The van der Waals surface area contributed by atoms with Crippen LogP contribution in [-0.2, 0) is 14.9 Å². The molecular formula is C28H35N3O3. The molecule has 2 heterocycles. The molecule has 1 atom stereocenters. The van der Waals surface area contributed by atoms with Gasteiger partial charge < -0.3 is 19.5 Å². The Kier molecular flexibility index (Phi) is 6.96. The van der Waals surface area contributed by atoms with Crippen LogP contribution in [0.1, 0.15) is 56.7 Å². The second-order valence-corrected chi connectivity index (χ2v) is 9.99. The lowest BCUT2D eigenvalue weighted by Gasteiger charge is -2.34. The molecule has 3 aromatic rings. The van der Waals surface area contributed by atoms with Gasteiger partial charge in [0.1, 0.15) is 0 Å². The van der Waals surface area contributed by atoms with Gasteiger partial charge in [-0.2, -0.15) is 0 Å². The number of aromatic nitrogens is 1. The number of ether oxygens (including phenoxy) is 1. The van der Waals surface area contributed by atoms with Crippen molar-refractivity contribution in [3.63, 3.8) is 0 Å². The molecular weight excluding hydrogens is 426 g/mol. The van der Waals surface area contributed by atoms with Gasteiger partial charge in [0.25, 0.3) is 0 Å². The summed E-state index contributed by atoms with van der Waals surface area (Å²) in [4.78, 5) is 32.4. The number of piperazine rings is 1. The minimum absolute atomic E-state index is 0.0549. The minimum Gasteiger partial charge on any atom is -0.450 e. The Morgan fingerprint density at radius 2 is 1.62 bits per heavy atom. The topological polar surface area (TPSA) is 65.6 Å². The predicted molar refractivity (Wildman–Crippen MR) is 135 cm³/mol. The lowest BCUT2D eigenvalue weighted by molar-refractivity contribution is -0.133. The molecule has 1 aliphatic heterocycles. The first-order chi connectivity index (χ1) is 16.3. The van der Waals surface area contributed by atoms with Crippen LogP contribution in [0, 0.1) is 0 Å². The van der Waals surface area contributed by atoms with Crippen LogP contribution in [0.25, 0.3) is 10.9 Å². The number of amides is 2. The smallest absolute Gasteiger partial charge is 0.409 e. The number of carbonyl (C=O) groups excluding carboxylic acids is 2. The fourth-order valence-electron chi connectivity index (χ4n) is 4.66. The number of H-pyrrole nitrogens is 1. The van der Waals surface area contributed by atoms with E-state index in [4.69, 9.17) is 4.74 Å². The number of nitrogens with one attached hydrogen (secondary N) is 1. The Morgan fingerprint density at radius 3 is 2.26 bits per heavy atom. The summed E-state index contributed by atoms with van der Waals surface area (Å²) in [6, 6.07) is 16.9. The highest BCUT2D eigenvalue weighted by atomic mass is 16.6. The number of carbonyl (C=O) groups is 2. The maximum absolute atomic E-state index is 13.4. The molecule has 1 fully saturated rings. The van der Waals surface area contributed by atoms with Crippen LogP contribution in [0.5, 0.6) is 0 Å². The lowest BCUT2D eigenvalue weighted by atomic mass is 9.83. The van der Waals surface area contributed by atoms with Crippen LogP contribution in [0.2, 0.25) is 0 Å². The Balaban J connectivity index is 1.57. The molecule has 0 saturated carbocycles. The summed E-state index contributed by atoms with van der Waals surface area (Å²) < 4.78 is 5.10. The average molecular weight is 462 g/mol. The monoisotopic (exact) mass is 461 g/mol. The third-order valence-electron chi connectivity index (χ3n) is 6.71. The number of nitrogens with zero attached hydrogens (tertiary/aromatic N) is 2. The van der Waals surface area contributed by atoms with E-state index in [1.165, 1.54) is 5.56 Å². The summed E-state index contributed by atoms with van der Waals surface area (Å²) in [6.07, 6.45) is 2.12. The average Bonchev–Trinajstić information content (AvgIpc) is 3.26. The number of aromatic amines is 1. The molecule has 1 N–H and O–H groups in total. The van der Waals surface area contributed by atoms with Gasteiger partial charge >= 0.3 is 6.09 Å². The van der Waals surface area contributed by atoms with Crippen LogP contribution in [-0.4, -0.2) is 59.6 Å². The standard InChI is InChI=1S/C28H35N3O3/c1-5-34-27(33)31-16-14-30(15-17-31)26(32)18-23(20-10-12-21(13-11-20)28(2,3)4)24-19-29-25-9-7-6-8-22(24)25/h6-13,19,23,29H,5,14-18H2,1-4H3. The highest BCUT2D eigenvalue weighted by Crippen LogP contribution is 2.35. The highest BCUT2D eigenvalue weighted by molar-refractivity contribution is 5.86. The first-order valence-electron chi connectivity index (χ1n) is 12.1. The largest absolute Gasteiger partial charge is 0.450 e. The van der Waals surface area contributed by atoms with Gasteiger partial charge in [0.05, 0.1) is 6.61 Å². The Morgan fingerprint density at radius 1 is 0.971 bits per heavy atom. The Labute approximate surface area is 201 Å². The molecule has 0 aliphatic carbocycles. The number of benzene rings is 2. The third-order valence-corrected chi connectivity index (χ3v) is 6.71. The maximum atomic E-state index is 13.4. The maximum Gasteiger partial charge on any atom is 0.409 e. The van der Waals surface area contributed by atoms with Crippen molar-refractivity contribution in [2.45, 2.75) is 45.4 Å². The van der Waals surface area contributed by atoms with Crippen molar-refractivity contribution in [2.75, 3.05) is 32.8 Å². The Bertz CT molecular complexity index is 1140. The molecule has 1 saturated heterocycles. The van der Waals surface area contributed by atoms with Gasteiger partial charge in [0, 0.05) is 55.6 Å². The molecule has 34 heavy (non-hydrogen) atoms. The SMILES string of the molecule is CCOC(=O)N1CCN(C(=O)CC(c2ccc(C(C)(C)C)cc2)c2c[nH]c3ccccc23)CC1. The quantitative estimate of drug-likeness (QED) is 0.562. The molecule has 1 aromatic heterocycles. The summed E-state index contributed by atoms with van der Waals surface area (Å²) in [5.74, 6) is 0.0550. The Hall–Kier alpha value is -3.28. The molecule has 1 unspecified atom stereocenters. The van der Waals surface area contributed by atoms with Crippen LogP contribution in [0.3, 0.4) is 0 Å². The van der Waals surface area contributed by atoms with Crippen molar-refractivity contribution >= 4 is 22.9 Å². The van der Waals surface area contributed by atoms with E-state index in [1.807, 2.05) is 23.2 Å². The van der Waals surface area contributed by atoms with Crippen molar-refractivity contribution in [2.24, 2.45) is 0 Å². The summed E-state index contributed by atoms with van der Waals surface area (Å²) in [5, 5.41) is 1.15. The van der Waals surface area contributed by atoms with Crippen molar-refractivity contribution in [1.29, 1.82) is 0 Å². The van der Waals surface area contributed by atoms with Crippen molar-refractivity contribution in [3.8, 4) is 0 Å². The van der Waals surface area contributed by atoms with Crippen LogP contribution in [0.15, 0.2) is 54.7 Å². The summed E-state index contributed by atoms with van der Waals surface area (Å²) in [7, 11) is 0. The fraction of sp³-hybridized carbons (Fsp3) is 0.429. The van der Waals surface area contributed by atoms with E-state index in [-0.39, 0.29) is 23.3 Å². The van der Waals surface area contributed by atoms with Gasteiger partial charge in [-0.05, 0) is 35.1 Å². The minimum atomic E-state index is -0.301. The van der Waals surface area contributed by atoms with Crippen LogP contribution < -0.4 is 0 Å². The van der Waals surface area contributed by atoms with Gasteiger partial charge in [-0.3, -0.25) is 4.79 Å². The van der Waals surface area contributed by atoms with Gasteiger partial charge in [-0.1, -0.05) is 63.2 Å². The number of fused-ring (bicyclic) bond motifs is 1. The first kappa shape index (κ1) is 23.9. The second-order valence-electron chi connectivity index (χ2n) is 9.99. The molecule has 0 spiro atoms. The molecule has 1 aliphatic rings. The van der Waals surface area contributed by atoms with Crippen LogP contribution >= 0.6 is 0 Å². The number of hydrogen-bond acceptors (Lipinski definition) is 3. The van der Waals surface area contributed by atoms with E-state index in [2.05, 4.69) is 62.2 Å². The molecule has 4 rings (SSSR count). The molecule has 0 radical (unpaired) electrons. The van der Waals surface area contributed by atoms with E-state index in [0.29, 0.717) is 39.2 Å². The molecule has 2 amide bonds. The molecule has 180 valence electrons. The molecule has 2 aromatic carbocycles. The summed E-state index contributed by atoms with van der Waals surface area (Å²) in [6.45, 7) is 10.8. The van der Waals surface area contributed by atoms with E-state index in [0.717, 1.165) is 22.0 Å². The van der Waals surface area contributed by atoms with Gasteiger partial charge in [0.2, 0.25) is 5.91 Å². The normalized spacial score (nSPS) is 15.4. The zero-order valence-electron chi connectivity index (χ0n) is 20.6. The van der Waals surface area contributed by atoms with Gasteiger partial charge in [0.15, 0.2) is 0 Å². The first-order valence-corrected chi connectivity index (χ1v) is 12.1. The lowest BCUT2D eigenvalue weighted by Crippen LogP contribution is -2.50. The number of hydrogen-bond donors (Lipinski definition) is 1. The van der Waals surface area contributed by atoms with E-state index >= 15 is 0 Å². The second kappa shape index (κ2) is 9.92. The van der Waals surface area contributed by atoms with Crippen molar-refractivity contribution in [1.82, 2.24) is 14.8 Å². The molecule has 0 bridgehead atoms. The van der Waals surface area contributed by atoms with E-state index in [9.17, 15) is 9.59 Å². The number of para-hydroxylation sites is 1. The third kappa shape index (κ3) is 5.11. The molecule has 6 heteroatoms. The summed E-state index contributed by atoms with van der Waals surface area (Å²) >= 11 is 0. The highest BCUT2D eigenvalue weighted by Gasteiger charge is 2.28. The predicted octanol–water partition coefficient (Wildman–Crippen LogP) is 5.29. The van der Waals surface area contributed by atoms with E-state index < -0.39 is 0 Å².